The van der Waals surface area contributed by atoms with Gasteiger partial charge in [0.05, 0.1) is 43.7 Å². The average molecular weight is 414 g/mol. The number of benzene rings is 1. The van der Waals surface area contributed by atoms with E-state index in [-0.39, 0.29) is 35.9 Å². The number of nitrogens with zero attached hydrogens (tertiary/aromatic N) is 3. The summed E-state index contributed by atoms with van der Waals surface area (Å²) in [5.41, 5.74) is 6.12. The molecule has 1 fully saturated rings. The van der Waals surface area contributed by atoms with E-state index in [1.165, 1.54) is 18.5 Å². The number of carbonyl (C=O) groups is 1. The summed E-state index contributed by atoms with van der Waals surface area (Å²) in [6, 6.07) is 4.60. The number of Topliss-reactive ketones (excluding diaryl/α,β-unsaturated/α-hetero) is 1. The highest BCUT2D eigenvalue weighted by atomic mass is 19.1. The summed E-state index contributed by atoms with van der Waals surface area (Å²) >= 11 is 0. The average Bonchev–Trinajstić information content (AvgIpc) is 3.19. The first kappa shape index (κ1) is 20.2. The minimum absolute atomic E-state index is 0.00907. The molecule has 0 spiro atoms. The molecule has 1 aromatic heterocycles. The van der Waals surface area contributed by atoms with Crippen molar-refractivity contribution in [2.24, 2.45) is 16.6 Å². The van der Waals surface area contributed by atoms with Crippen molar-refractivity contribution < 1.29 is 23.4 Å². The molecule has 2 N–H and O–H groups in total. The van der Waals surface area contributed by atoms with Crippen molar-refractivity contribution in [1.29, 1.82) is 0 Å². The number of hydrogen-bond donors (Lipinski definition) is 1. The Bertz CT molecular complexity index is 981. The van der Waals surface area contributed by atoms with Crippen molar-refractivity contribution in [3.63, 3.8) is 0 Å². The van der Waals surface area contributed by atoms with Gasteiger partial charge in [-0.3, -0.25) is 4.79 Å². The van der Waals surface area contributed by atoms with E-state index < -0.39 is 11.4 Å². The van der Waals surface area contributed by atoms with Crippen molar-refractivity contribution in [3.8, 4) is 5.88 Å². The zero-order valence-electron chi connectivity index (χ0n) is 16.8. The van der Waals surface area contributed by atoms with Gasteiger partial charge in [-0.1, -0.05) is 6.07 Å². The summed E-state index contributed by atoms with van der Waals surface area (Å²) in [4.78, 5) is 25.2. The van der Waals surface area contributed by atoms with Crippen LogP contribution in [-0.4, -0.2) is 47.7 Å². The summed E-state index contributed by atoms with van der Waals surface area (Å²) in [5.74, 6) is -0.472. The van der Waals surface area contributed by atoms with Gasteiger partial charge in [-0.15, -0.1) is 0 Å². The predicted molar refractivity (Wildman–Crippen MR) is 106 cm³/mol. The van der Waals surface area contributed by atoms with Gasteiger partial charge in [-0.05, 0) is 31.5 Å². The third-order valence-electron chi connectivity index (χ3n) is 5.51. The van der Waals surface area contributed by atoms with E-state index in [9.17, 15) is 9.18 Å². The smallest absolute Gasteiger partial charge is 0.283 e. The van der Waals surface area contributed by atoms with E-state index >= 15 is 0 Å². The minimum atomic E-state index is -0.953. The Morgan fingerprint density at radius 3 is 2.90 bits per heavy atom. The van der Waals surface area contributed by atoms with Crippen LogP contribution in [0.4, 0.5) is 4.39 Å². The van der Waals surface area contributed by atoms with Crippen molar-refractivity contribution in [3.05, 3.63) is 53.2 Å². The van der Waals surface area contributed by atoms with Crippen LogP contribution in [0, 0.1) is 11.7 Å². The van der Waals surface area contributed by atoms with Gasteiger partial charge in [0.1, 0.15) is 17.6 Å². The molecule has 1 saturated heterocycles. The van der Waals surface area contributed by atoms with E-state index in [4.69, 9.17) is 19.9 Å². The molecule has 0 radical (unpaired) electrons. The molecule has 0 bridgehead atoms. The van der Waals surface area contributed by atoms with E-state index in [0.717, 1.165) is 0 Å². The normalized spacial score (nSPS) is 25.2. The molecule has 2 aliphatic heterocycles. The fraction of sp³-hybridized carbons (Fsp3) is 0.429. The third kappa shape index (κ3) is 3.72. The topological polar surface area (TPSA) is 109 Å². The lowest BCUT2D eigenvalue weighted by molar-refractivity contribution is 0.0816. The summed E-state index contributed by atoms with van der Waals surface area (Å²) in [5, 5.41) is 0. The van der Waals surface area contributed by atoms with Gasteiger partial charge in [0.2, 0.25) is 5.88 Å². The number of aliphatic imine (C=N–C) groups is 1. The number of halogens is 1. The van der Waals surface area contributed by atoms with E-state index in [2.05, 4.69) is 15.0 Å². The Morgan fingerprint density at radius 2 is 2.17 bits per heavy atom. The van der Waals surface area contributed by atoms with Gasteiger partial charge >= 0.3 is 0 Å². The van der Waals surface area contributed by atoms with Crippen molar-refractivity contribution >= 4 is 11.8 Å². The largest absolute Gasteiger partial charge is 0.477 e. The number of aromatic nitrogens is 2. The van der Waals surface area contributed by atoms with Gasteiger partial charge in [0.15, 0.2) is 5.78 Å². The van der Waals surface area contributed by atoms with Crippen LogP contribution in [-0.2, 0) is 21.4 Å². The Labute approximate surface area is 173 Å². The van der Waals surface area contributed by atoms with Gasteiger partial charge in [0, 0.05) is 12.0 Å². The van der Waals surface area contributed by atoms with Crippen molar-refractivity contribution in [2.45, 2.75) is 31.9 Å². The second-order valence-corrected chi connectivity index (χ2v) is 7.48. The highest BCUT2D eigenvalue weighted by Gasteiger charge is 2.50. The van der Waals surface area contributed by atoms with Gasteiger partial charge < -0.3 is 19.9 Å². The molecule has 0 unspecified atom stereocenters. The zero-order chi connectivity index (χ0) is 21.3. The van der Waals surface area contributed by atoms with Crippen molar-refractivity contribution in [1.82, 2.24) is 9.97 Å². The zero-order valence-corrected chi connectivity index (χ0v) is 16.8. The van der Waals surface area contributed by atoms with Crippen LogP contribution in [0.5, 0.6) is 5.88 Å². The number of ketones is 1. The van der Waals surface area contributed by atoms with Crippen LogP contribution in [0.3, 0.4) is 0 Å². The summed E-state index contributed by atoms with van der Waals surface area (Å²) < 4.78 is 31.2. The lowest BCUT2D eigenvalue weighted by atomic mass is 9.77. The monoisotopic (exact) mass is 414 g/mol. The fourth-order valence-corrected chi connectivity index (χ4v) is 3.96. The lowest BCUT2D eigenvalue weighted by Gasteiger charge is -2.38. The molecular formula is C21H23FN4O4. The highest BCUT2D eigenvalue weighted by molar-refractivity contribution is 5.95. The molecule has 1 aromatic carbocycles. The number of nitrogens with two attached hydrogens (primary N) is 1. The quantitative estimate of drug-likeness (QED) is 0.720. The molecule has 8 nitrogen and oxygen atoms in total. The number of hydrogen-bond acceptors (Lipinski definition) is 8. The standard InChI is InChI=1S/C21H23FN4O4/c1-3-29-19-9-24-16(8-25-19)17(27)7-12-4-5-15(22)13(6-12)21(2)14-10-28-11-18(14)30-20(23)26-21/h4-6,8-9,14,18H,3,7,10-11H2,1-2H3,(H2,23,26)/t14-,18+,21+/m0/s1. The van der Waals surface area contributed by atoms with Crippen molar-refractivity contribution in [2.75, 3.05) is 19.8 Å². The molecule has 3 atom stereocenters. The maximum atomic E-state index is 14.8. The van der Waals surface area contributed by atoms with E-state index in [1.54, 1.807) is 12.1 Å². The molecule has 9 heteroatoms. The maximum Gasteiger partial charge on any atom is 0.283 e. The second-order valence-electron chi connectivity index (χ2n) is 7.48. The van der Waals surface area contributed by atoms with E-state index in [0.29, 0.717) is 36.8 Å². The van der Waals surface area contributed by atoms with E-state index in [1.807, 2.05) is 13.8 Å². The first-order valence-electron chi connectivity index (χ1n) is 9.77. The molecule has 158 valence electrons. The number of amidine groups is 1. The molecule has 0 saturated carbocycles. The van der Waals surface area contributed by atoms with Crippen LogP contribution in [0.25, 0.3) is 0 Å². The Morgan fingerprint density at radius 1 is 1.33 bits per heavy atom. The van der Waals surface area contributed by atoms with Gasteiger partial charge in [0.25, 0.3) is 6.02 Å². The molecule has 2 aromatic rings. The van der Waals surface area contributed by atoms with Gasteiger partial charge in [-0.25, -0.2) is 19.4 Å². The Kier molecular flexibility index (Phi) is 5.38. The number of carbonyl (C=O) groups excluding carboxylic acids is 1. The fourth-order valence-electron chi connectivity index (χ4n) is 3.96. The molecule has 0 amide bonds. The van der Waals surface area contributed by atoms with Crippen LogP contribution in [0.2, 0.25) is 0 Å². The van der Waals surface area contributed by atoms with Crippen LogP contribution in [0.1, 0.15) is 35.5 Å². The first-order chi connectivity index (χ1) is 14.4. The van der Waals surface area contributed by atoms with Crippen LogP contribution >= 0.6 is 0 Å². The second kappa shape index (κ2) is 7.98. The summed E-state index contributed by atoms with van der Waals surface area (Å²) in [6.07, 6.45) is 2.56. The predicted octanol–water partition coefficient (Wildman–Crippen LogP) is 2.01. The molecule has 3 heterocycles. The van der Waals surface area contributed by atoms with Gasteiger partial charge in [-0.2, -0.15) is 0 Å². The summed E-state index contributed by atoms with van der Waals surface area (Å²) in [7, 11) is 0. The SMILES string of the molecule is CCOc1cnc(C(=O)Cc2ccc(F)c([C@@]3(C)N=C(N)O[C@@H]4COC[C@@H]43)c2)cn1. The maximum absolute atomic E-state index is 14.8. The minimum Gasteiger partial charge on any atom is -0.477 e. The molecule has 2 aliphatic rings. The number of ether oxygens (including phenoxy) is 3. The molecule has 30 heavy (non-hydrogen) atoms. The Hall–Kier alpha value is -3.07. The molecular weight excluding hydrogens is 391 g/mol. The number of fused-ring (bicyclic) bond motifs is 1. The molecule has 0 aliphatic carbocycles. The first-order valence-corrected chi connectivity index (χ1v) is 9.77. The summed E-state index contributed by atoms with van der Waals surface area (Å²) in [6.45, 7) is 4.89. The Balaban J connectivity index is 1.60. The van der Waals surface area contributed by atoms with Crippen LogP contribution < -0.4 is 10.5 Å². The highest BCUT2D eigenvalue weighted by Crippen LogP contribution is 2.43. The number of rotatable bonds is 6. The molecule has 4 rings (SSSR count). The van der Waals surface area contributed by atoms with Crippen LogP contribution in [0.15, 0.2) is 35.6 Å². The third-order valence-corrected chi connectivity index (χ3v) is 5.51. The lowest BCUT2D eigenvalue weighted by Crippen LogP contribution is -2.47.